The predicted molar refractivity (Wildman–Crippen MR) is 161 cm³/mol. The molecule has 2 fully saturated rings. The molecule has 1 aliphatic heterocycles. The minimum Gasteiger partial charge on any atom is -0.477 e. The van der Waals surface area contributed by atoms with Crippen molar-refractivity contribution in [2.45, 2.75) is 104 Å². The number of amides is 1. The third-order valence-corrected chi connectivity index (χ3v) is 8.71. The van der Waals surface area contributed by atoms with Crippen LogP contribution in [0, 0.1) is 23.2 Å². The molecule has 1 saturated carbocycles. The van der Waals surface area contributed by atoms with Gasteiger partial charge in [0.2, 0.25) is 5.91 Å². The third kappa shape index (κ3) is 9.65. The third-order valence-electron chi connectivity index (χ3n) is 7.68. The molecule has 4 rings (SSSR count). The number of aliphatic hydroxyl groups is 2. The highest BCUT2D eigenvalue weighted by Crippen LogP contribution is 2.40. The number of rotatable bonds is 7. The van der Waals surface area contributed by atoms with E-state index < -0.39 is 11.6 Å². The predicted octanol–water partition coefficient (Wildman–Crippen LogP) is 5.40. The van der Waals surface area contributed by atoms with Gasteiger partial charge in [-0.2, -0.15) is 0 Å². The standard InChI is InChI=1S/C30H41NO6S.C2H6O/c1-20-5-7-21(8-6-20)27(32)31(25-17-24(11-13-29(2,3)4)38-26(25)28(33)34)22-9-14-30(35,15-10-22)19-37-23-12-16-36-18-23;1-2-3/h5,17,21-23,35H,6-10,12,14-16,18-19H2,1-4H3,(H,33,34);3H,2H2,1H3/t21-,22-,23-,30+;/m0./s1. The number of ether oxygens (including phenoxy) is 2. The van der Waals surface area contributed by atoms with Gasteiger partial charge in [-0.3, -0.25) is 4.79 Å². The van der Waals surface area contributed by atoms with Crippen LogP contribution in [-0.4, -0.2) is 71.4 Å². The molecule has 0 spiro atoms. The summed E-state index contributed by atoms with van der Waals surface area (Å²) in [4.78, 5) is 28.9. The van der Waals surface area contributed by atoms with Crippen molar-refractivity contribution in [3.8, 4) is 11.8 Å². The quantitative estimate of drug-likeness (QED) is 0.288. The van der Waals surface area contributed by atoms with E-state index in [1.165, 1.54) is 5.57 Å². The monoisotopic (exact) mass is 589 g/mol. The number of thiophene rings is 1. The average molecular weight is 590 g/mol. The summed E-state index contributed by atoms with van der Waals surface area (Å²) in [6, 6.07) is 1.58. The molecule has 41 heavy (non-hydrogen) atoms. The van der Waals surface area contributed by atoms with Crippen molar-refractivity contribution in [3.05, 3.63) is 27.5 Å². The normalized spacial score (nSPS) is 26.2. The van der Waals surface area contributed by atoms with Crippen LogP contribution in [0.2, 0.25) is 0 Å². The molecule has 3 N–H and O–H groups in total. The van der Waals surface area contributed by atoms with Gasteiger partial charge in [0.25, 0.3) is 0 Å². The van der Waals surface area contributed by atoms with Crippen molar-refractivity contribution in [1.82, 2.24) is 0 Å². The number of aliphatic hydroxyl groups excluding tert-OH is 1. The van der Waals surface area contributed by atoms with Crippen LogP contribution < -0.4 is 4.90 Å². The highest BCUT2D eigenvalue weighted by Gasteiger charge is 2.41. The molecule has 0 bridgehead atoms. The Kier molecular flexibility index (Phi) is 12.0. The van der Waals surface area contributed by atoms with E-state index in [2.05, 4.69) is 24.8 Å². The molecule has 0 aromatic carbocycles. The lowest BCUT2D eigenvalue weighted by atomic mass is 9.81. The summed E-state index contributed by atoms with van der Waals surface area (Å²) >= 11 is 1.13. The topological polar surface area (TPSA) is 117 Å². The molecule has 2 aliphatic carbocycles. The summed E-state index contributed by atoms with van der Waals surface area (Å²) in [5.74, 6) is 5.05. The van der Waals surface area contributed by atoms with Crippen LogP contribution in [0.15, 0.2) is 17.7 Å². The number of carbonyl (C=O) groups excluding carboxylic acids is 1. The molecule has 3 aliphatic rings. The summed E-state index contributed by atoms with van der Waals surface area (Å²) in [6.45, 7) is 11.5. The number of nitrogens with zero attached hydrogens (tertiary/aromatic N) is 1. The summed E-state index contributed by atoms with van der Waals surface area (Å²) in [5, 5.41) is 28.9. The summed E-state index contributed by atoms with van der Waals surface area (Å²) < 4.78 is 11.3. The van der Waals surface area contributed by atoms with Crippen LogP contribution in [0.3, 0.4) is 0 Å². The molecule has 1 aromatic rings. The second-order valence-electron chi connectivity index (χ2n) is 12.4. The van der Waals surface area contributed by atoms with Crippen LogP contribution >= 0.6 is 11.3 Å². The first kappa shape index (κ1) is 33.3. The van der Waals surface area contributed by atoms with Gasteiger partial charge in [-0.05, 0) is 92.1 Å². The molecule has 1 aromatic heterocycles. The van der Waals surface area contributed by atoms with Gasteiger partial charge >= 0.3 is 5.97 Å². The minimum absolute atomic E-state index is 0.0224. The molecule has 0 radical (unpaired) electrons. The van der Waals surface area contributed by atoms with E-state index in [1.54, 1.807) is 17.9 Å². The van der Waals surface area contributed by atoms with Crippen LogP contribution in [0.25, 0.3) is 0 Å². The van der Waals surface area contributed by atoms with Gasteiger partial charge in [0.05, 0.1) is 35.5 Å². The second-order valence-corrected chi connectivity index (χ2v) is 13.5. The Morgan fingerprint density at radius 1 is 1.22 bits per heavy atom. The van der Waals surface area contributed by atoms with Gasteiger partial charge in [-0.15, -0.1) is 11.3 Å². The van der Waals surface area contributed by atoms with Crippen LogP contribution in [0.5, 0.6) is 0 Å². The van der Waals surface area contributed by atoms with E-state index in [1.807, 2.05) is 20.8 Å². The van der Waals surface area contributed by atoms with E-state index in [4.69, 9.17) is 14.6 Å². The molecule has 1 amide bonds. The number of hydrogen-bond donors (Lipinski definition) is 3. The molecule has 2 heterocycles. The van der Waals surface area contributed by atoms with Gasteiger partial charge in [0, 0.05) is 30.6 Å². The fraction of sp³-hybridized carbons (Fsp3) is 0.688. The van der Waals surface area contributed by atoms with Crippen LogP contribution in [-0.2, 0) is 14.3 Å². The van der Waals surface area contributed by atoms with Gasteiger partial charge < -0.3 is 29.7 Å². The maximum Gasteiger partial charge on any atom is 0.348 e. The number of allylic oxidation sites excluding steroid dienone is 2. The molecule has 9 heteroatoms. The molecule has 2 atom stereocenters. The Morgan fingerprint density at radius 3 is 2.44 bits per heavy atom. The zero-order valence-electron chi connectivity index (χ0n) is 25.2. The van der Waals surface area contributed by atoms with E-state index in [-0.39, 0.29) is 47.5 Å². The SMILES string of the molecule is CC1=CC[C@H](C(=O)N(c2cc(C#CC(C)(C)C)sc2C(=O)O)[C@H]2CC[C@](O)(CO[C@H]3CCOC3)CC2)CC1.CCO. The smallest absolute Gasteiger partial charge is 0.348 e. The summed E-state index contributed by atoms with van der Waals surface area (Å²) in [7, 11) is 0. The number of aromatic carboxylic acids is 1. The van der Waals surface area contributed by atoms with E-state index in [0.29, 0.717) is 55.9 Å². The lowest BCUT2D eigenvalue weighted by molar-refractivity contribution is -0.124. The molecule has 228 valence electrons. The number of carboxylic acid groups (broad SMARTS) is 1. The van der Waals surface area contributed by atoms with Crippen molar-refractivity contribution >= 4 is 28.9 Å². The van der Waals surface area contributed by atoms with Gasteiger partial charge in [0.15, 0.2) is 0 Å². The summed E-state index contributed by atoms with van der Waals surface area (Å²) in [5.41, 5.74) is 0.548. The van der Waals surface area contributed by atoms with Crippen molar-refractivity contribution in [2.24, 2.45) is 11.3 Å². The van der Waals surface area contributed by atoms with Gasteiger partial charge in [0.1, 0.15) is 4.88 Å². The summed E-state index contributed by atoms with van der Waals surface area (Å²) in [6.07, 6.45) is 7.41. The maximum atomic E-state index is 14.0. The first-order valence-corrected chi connectivity index (χ1v) is 15.6. The molecular formula is C32H47NO7S. The minimum atomic E-state index is -1.05. The first-order chi connectivity index (χ1) is 19.4. The lowest BCUT2D eigenvalue weighted by Crippen LogP contribution is -2.50. The van der Waals surface area contributed by atoms with E-state index in [0.717, 1.165) is 30.6 Å². The highest BCUT2D eigenvalue weighted by molar-refractivity contribution is 7.15. The van der Waals surface area contributed by atoms with Crippen molar-refractivity contribution in [3.63, 3.8) is 0 Å². The molecule has 1 saturated heterocycles. The second kappa shape index (κ2) is 14.8. The highest BCUT2D eigenvalue weighted by atomic mass is 32.1. The van der Waals surface area contributed by atoms with Gasteiger partial charge in [-0.25, -0.2) is 4.79 Å². The number of carboxylic acids is 1. The maximum absolute atomic E-state index is 14.0. The Bertz CT molecular complexity index is 1130. The Labute approximate surface area is 248 Å². The Morgan fingerprint density at radius 2 is 1.90 bits per heavy atom. The zero-order valence-corrected chi connectivity index (χ0v) is 26.0. The van der Waals surface area contributed by atoms with Gasteiger partial charge in [-0.1, -0.05) is 23.5 Å². The molecule has 0 unspecified atom stereocenters. The van der Waals surface area contributed by atoms with Crippen LogP contribution in [0.1, 0.15) is 101 Å². The van der Waals surface area contributed by atoms with E-state index in [9.17, 15) is 19.8 Å². The van der Waals surface area contributed by atoms with Crippen molar-refractivity contribution in [1.29, 1.82) is 0 Å². The first-order valence-electron chi connectivity index (χ1n) is 14.8. The lowest BCUT2D eigenvalue weighted by Gasteiger charge is -2.42. The average Bonchev–Trinajstić information content (AvgIpc) is 3.59. The Balaban J connectivity index is 0.00000147. The van der Waals surface area contributed by atoms with Crippen molar-refractivity contribution in [2.75, 3.05) is 31.3 Å². The number of hydrogen-bond acceptors (Lipinski definition) is 7. The Hall–Kier alpha value is -2.22. The number of carbonyl (C=O) groups is 2. The molecular weight excluding hydrogens is 542 g/mol. The fourth-order valence-electron chi connectivity index (χ4n) is 5.37. The largest absolute Gasteiger partial charge is 0.477 e. The van der Waals surface area contributed by atoms with E-state index >= 15 is 0 Å². The fourth-order valence-corrected chi connectivity index (χ4v) is 6.21. The van der Waals surface area contributed by atoms with Crippen molar-refractivity contribution < 1.29 is 34.4 Å². The zero-order chi connectivity index (χ0) is 30.2. The van der Waals surface area contributed by atoms with Crippen LogP contribution in [0.4, 0.5) is 5.69 Å². The number of anilines is 1. The molecule has 8 nitrogen and oxygen atoms in total.